The number of hydrogen-bond acceptors (Lipinski definition) is 6. The van der Waals surface area contributed by atoms with Crippen LogP contribution >= 0.6 is 0 Å². The zero-order valence-electron chi connectivity index (χ0n) is 11.2. The average molecular weight is 297 g/mol. The molecule has 0 radical (unpaired) electrons. The second kappa shape index (κ2) is 5.78. The van der Waals surface area contributed by atoms with E-state index >= 15 is 0 Å². The van der Waals surface area contributed by atoms with Gasteiger partial charge in [0.25, 0.3) is 0 Å². The Labute approximate surface area is 119 Å². The summed E-state index contributed by atoms with van der Waals surface area (Å²) in [5, 5.41) is 11.7. The van der Waals surface area contributed by atoms with E-state index in [1.807, 2.05) is 0 Å². The molecule has 1 aliphatic heterocycles. The summed E-state index contributed by atoms with van der Waals surface area (Å²) in [7, 11) is 2.22. The van der Waals surface area contributed by atoms with E-state index in [1.54, 1.807) is 0 Å². The Bertz CT molecular complexity index is 597. The van der Waals surface area contributed by atoms with Crippen LogP contribution in [-0.4, -0.2) is 42.9 Å². The first kappa shape index (κ1) is 14.8. The second-order valence-corrected chi connectivity index (χ2v) is 4.21. The SMILES string of the molecule is COC(=O)C1=[N+]([O-])O[C@@H](C(=O)OC)[C@@H]1c1ccc(F)cc1. The minimum atomic E-state index is -1.34. The van der Waals surface area contributed by atoms with E-state index in [1.165, 1.54) is 12.1 Å². The van der Waals surface area contributed by atoms with Crippen LogP contribution in [0.2, 0.25) is 0 Å². The maximum atomic E-state index is 13.0. The first-order valence-electron chi connectivity index (χ1n) is 5.92. The lowest BCUT2D eigenvalue weighted by Gasteiger charge is -2.16. The van der Waals surface area contributed by atoms with E-state index in [4.69, 9.17) is 4.84 Å². The average Bonchev–Trinajstić information content (AvgIpc) is 2.84. The van der Waals surface area contributed by atoms with Crippen LogP contribution in [0, 0.1) is 11.0 Å². The van der Waals surface area contributed by atoms with Crippen molar-refractivity contribution < 1.29 is 33.2 Å². The molecule has 0 saturated carbocycles. The van der Waals surface area contributed by atoms with Gasteiger partial charge in [-0.2, -0.15) is 0 Å². The van der Waals surface area contributed by atoms with E-state index in [0.717, 1.165) is 26.4 Å². The van der Waals surface area contributed by atoms with Crippen LogP contribution in [0.3, 0.4) is 0 Å². The van der Waals surface area contributed by atoms with Gasteiger partial charge in [-0.3, -0.25) is 10.0 Å². The molecule has 0 fully saturated rings. The molecule has 1 aromatic rings. The van der Waals surface area contributed by atoms with Gasteiger partial charge in [0.05, 0.1) is 19.1 Å². The minimum absolute atomic E-state index is 0.0680. The number of esters is 2. The van der Waals surface area contributed by atoms with Gasteiger partial charge in [0, 0.05) is 0 Å². The lowest BCUT2D eigenvalue weighted by atomic mass is 9.89. The van der Waals surface area contributed by atoms with Crippen LogP contribution in [0.25, 0.3) is 0 Å². The lowest BCUT2D eigenvalue weighted by molar-refractivity contribution is -0.736. The fourth-order valence-corrected chi connectivity index (χ4v) is 2.08. The quantitative estimate of drug-likeness (QED) is 0.597. The maximum absolute atomic E-state index is 13.0. The lowest BCUT2D eigenvalue weighted by Crippen LogP contribution is -2.33. The van der Waals surface area contributed by atoms with Gasteiger partial charge in [0.1, 0.15) is 11.7 Å². The standard InChI is InChI=1S/C13H12FNO6/c1-19-12(16)10-9(7-3-5-8(14)6-4-7)11(13(17)20-2)21-15(10)18/h3-6,9,11H,1-2H3/t9-,11-/m1/s1. The molecule has 0 N–H and O–H groups in total. The van der Waals surface area contributed by atoms with Crippen molar-refractivity contribution in [1.82, 2.24) is 0 Å². The number of rotatable bonds is 3. The maximum Gasteiger partial charge on any atom is 0.405 e. The zero-order chi connectivity index (χ0) is 15.6. The summed E-state index contributed by atoms with van der Waals surface area (Å²) in [6, 6.07) is 4.99. The third-order valence-corrected chi connectivity index (χ3v) is 3.06. The molecule has 0 aliphatic carbocycles. The molecule has 2 atom stereocenters. The number of ether oxygens (including phenoxy) is 2. The van der Waals surface area contributed by atoms with E-state index in [-0.39, 0.29) is 4.90 Å². The van der Waals surface area contributed by atoms with Crippen LogP contribution < -0.4 is 0 Å². The summed E-state index contributed by atoms with van der Waals surface area (Å²) in [6.45, 7) is 0. The van der Waals surface area contributed by atoms with Crippen molar-refractivity contribution in [2.24, 2.45) is 0 Å². The Morgan fingerprint density at radius 3 is 2.38 bits per heavy atom. The largest absolute Gasteiger partial charge is 0.468 e. The Morgan fingerprint density at radius 1 is 1.24 bits per heavy atom. The third kappa shape index (κ3) is 2.64. The molecular formula is C13H12FNO6. The fourth-order valence-electron chi connectivity index (χ4n) is 2.08. The number of methoxy groups -OCH3 is 2. The van der Waals surface area contributed by atoms with Gasteiger partial charge in [0.2, 0.25) is 0 Å². The third-order valence-electron chi connectivity index (χ3n) is 3.06. The molecule has 0 saturated heterocycles. The predicted molar refractivity (Wildman–Crippen MR) is 66.7 cm³/mol. The Hall–Kier alpha value is -2.64. The van der Waals surface area contributed by atoms with Crippen LogP contribution in [0.5, 0.6) is 0 Å². The van der Waals surface area contributed by atoms with Crippen molar-refractivity contribution in [3.63, 3.8) is 0 Å². The number of hydrogen-bond donors (Lipinski definition) is 0. The van der Waals surface area contributed by atoms with Gasteiger partial charge in [-0.1, -0.05) is 12.1 Å². The number of carbonyl (C=O) groups is 2. The van der Waals surface area contributed by atoms with Crippen molar-refractivity contribution >= 4 is 17.7 Å². The molecule has 0 bridgehead atoms. The molecular weight excluding hydrogens is 285 g/mol. The normalized spacial score (nSPS) is 20.9. The number of halogens is 1. The van der Waals surface area contributed by atoms with Crippen molar-refractivity contribution in [2.75, 3.05) is 14.2 Å². The summed E-state index contributed by atoms with van der Waals surface area (Å²) in [6.07, 6.45) is -1.34. The monoisotopic (exact) mass is 297 g/mol. The molecule has 8 heteroatoms. The molecule has 21 heavy (non-hydrogen) atoms. The molecule has 0 aromatic heterocycles. The Morgan fingerprint density at radius 2 is 1.86 bits per heavy atom. The second-order valence-electron chi connectivity index (χ2n) is 4.21. The summed E-state index contributed by atoms with van der Waals surface area (Å²) in [4.78, 5) is 28.2. The van der Waals surface area contributed by atoms with Gasteiger partial charge in [0.15, 0.2) is 6.10 Å². The van der Waals surface area contributed by atoms with Crippen molar-refractivity contribution in [3.8, 4) is 0 Å². The molecule has 1 heterocycles. The Balaban J connectivity index is 2.48. The first-order chi connectivity index (χ1) is 9.99. The molecule has 1 aromatic carbocycles. The van der Waals surface area contributed by atoms with Crippen molar-refractivity contribution in [2.45, 2.75) is 12.0 Å². The highest BCUT2D eigenvalue weighted by Gasteiger charge is 2.50. The predicted octanol–water partition coefficient (Wildman–Crippen LogP) is 0.520. The summed E-state index contributed by atoms with van der Waals surface area (Å²) in [5.41, 5.74) is -0.0509. The molecule has 2 rings (SSSR count). The molecule has 0 amide bonds. The van der Waals surface area contributed by atoms with E-state index in [0.29, 0.717) is 5.56 Å². The van der Waals surface area contributed by atoms with E-state index in [2.05, 4.69) is 9.47 Å². The van der Waals surface area contributed by atoms with Gasteiger partial charge < -0.3 is 14.3 Å². The summed E-state index contributed by atoms with van der Waals surface area (Å²) >= 11 is 0. The topological polar surface area (TPSA) is 87.9 Å². The van der Waals surface area contributed by atoms with Crippen LogP contribution in [0.4, 0.5) is 4.39 Å². The van der Waals surface area contributed by atoms with Crippen LogP contribution in [0.15, 0.2) is 24.3 Å². The highest BCUT2D eigenvalue weighted by atomic mass is 19.1. The van der Waals surface area contributed by atoms with Crippen molar-refractivity contribution in [1.29, 1.82) is 0 Å². The highest BCUT2D eigenvalue weighted by molar-refractivity contribution is 6.37. The first-order valence-corrected chi connectivity index (χ1v) is 5.92. The molecule has 0 spiro atoms. The van der Waals surface area contributed by atoms with E-state index in [9.17, 15) is 19.2 Å². The summed E-state index contributed by atoms with van der Waals surface area (Å²) < 4.78 is 22.1. The highest BCUT2D eigenvalue weighted by Crippen LogP contribution is 2.30. The van der Waals surface area contributed by atoms with Crippen LogP contribution in [0.1, 0.15) is 11.5 Å². The van der Waals surface area contributed by atoms with Gasteiger partial charge in [-0.25, -0.2) is 9.18 Å². The van der Waals surface area contributed by atoms with Gasteiger partial charge >= 0.3 is 17.7 Å². The number of carbonyl (C=O) groups excluding carboxylic acids is 2. The zero-order valence-corrected chi connectivity index (χ0v) is 11.2. The number of benzene rings is 1. The van der Waals surface area contributed by atoms with Crippen LogP contribution in [-0.2, 0) is 23.9 Å². The molecule has 1 aliphatic rings. The number of nitrogens with zero attached hydrogens (tertiary/aromatic N) is 1. The Kier molecular flexibility index (Phi) is 4.06. The molecule has 0 unspecified atom stereocenters. The fraction of sp³-hybridized carbons (Fsp3) is 0.308. The molecule has 112 valence electrons. The van der Waals surface area contributed by atoms with E-state index < -0.39 is 35.5 Å². The summed E-state index contributed by atoms with van der Waals surface area (Å²) in [5.74, 6) is -3.30. The smallest absolute Gasteiger partial charge is 0.405 e. The van der Waals surface area contributed by atoms with Gasteiger partial charge in [-0.15, -0.1) is 0 Å². The minimum Gasteiger partial charge on any atom is -0.468 e. The molecule has 7 nitrogen and oxygen atoms in total. The van der Waals surface area contributed by atoms with Crippen molar-refractivity contribution in [3.05, 3.63) is 40.9 Å². The van der Waals surface area contributed by atoms with Gasteiger partial charge in [-0.05, 0) is 17.7 Å².